The third kappa shape index (κ3) is 3.01. The van der Waals surface area contributed by atoms with Crippen LogP contribution in [0.4, 0.5) is 5.69 Å². The van der Waals surface area contributed by atoms with Crippen LogP contribution in [0.15, 0.2) is 51.7 Å². The fourth-order valence-corrected chi connectivity index (χ4v) is 2.20. The van der Waals surface area contributed by atoms with Gasteiger partial charge >= 0.3 is 5.76 Å². The van der Waals surface area contributed by atoms with Gasteiger partial charge in [-0.3, -0.25) is 9.78 Å². The minimum atomic E-state index is -0.519. The van der Waals surface area contributed by atoms with E-state index in [1.807, 2.05) is 24.3 Å². The van der Waals surface area contributed by atoms with Gasteiger partial charge in [-0.1, -0.05) is 12.1 Å². The number of amides is 1. The van der Waals surface area contributed by atoms with Gasteiger partial charge < -0.3 is 14.5 Å². The first-order valence-corrected chi connectivity index (χ1v) is 6.70. The second kappa shape index (κ2) is 5.77. The number of H-pyrrole nitrogens is 1. The van der Waals surface area contributed by atoms with Crippen molar-refractivity contribution >= 4 is 22.7 Å². The summed E-state index contributed by atoms with van der Waals surface area (Å²) < 4.78 is 10.1. The van der Waals surface area contributed by atoms with E-state index in [0.717, 1.165) is 5.56 Å². The molecule has 3 aromatic rings. The first-order valence-electron chi connectivity index (χ1n) is 6.70. The lowest BCUT2D eigenvalue weighted by molar-refractivity contribution is -0.115. The highest BCUT2D eigenvalue weighted by atomic mass is 16.5. The summed E-state index contributed by atoms with van der Waals surface area (Å²) >= 11 is 0. The first-order chi connectivity index (χ1) is 10.6. The molecule has 0 spiro atoms. The van der Waals surface area contributed by atoms with Crippen molar-refractivity contribution in [2.45, 2.75) is 6.42 Å². The Morgan fingerprint density at radius 3 is 2.95 bits per heavy atom. The lowest BCUT2D eigenvalue weighted by atomic mass is 10.1. The molecule has 0 atom stereocenters. The third-order valence-corrected chi connectivity index (χ3v) is 3.20. The molecule has 6 nitrogen and oxygen atoms in total. The zero-order valence-electron chi connectivity index (χ0n) is 11.9. The topological polar surface area (TPSA) is 84.3 Å². The number of carbonyl (C=O) groups excluding carboxylic acids is 1. The highest BCUT2D eigenvalue weighted by Gasteiger charge is 2.07. The Labute approximate surface area is 125 Å². The summed E-state index contributed by atoms with van der Waals surface area (Å²) in [6.07, 6.45) is 0.228. The average molecular weight is 298 g/mol. The van der Waals surface area contributed by atoms with Crippen LogP contribution in [-0.2, 0) is 11.2 Å². The zero-order valence-corrected chi connectivity index (χ0v) is 11.9. The number of ether oxygens (including phenoxy) is 1. The van der Waals surface area contributed by atoms with E-state index in [1.54, 1.807) is 25.3 Å². The maximum atomic E-state index is 12.1. The van der Waals surface area contributed by atoms with E-state index in [4.69, 9.17) is 9.15 Å². The lowest BCUT2D eigenvalue weighted by Gasteiger charge is -2.06. The Balaban J connectivity index is 1.73. The van der Waals surface area contributed by atoms with Gasteiger partial charge in [-0.25, -0.2) is 4.79 Å². The van der Waals surface area contributed by atoms with Crippen molar-refractivity contribution < 1.29 is 13.9 Å². The van der Waals surface area contributed by atoms with Gasteiger partial charge in [0.05, 0.1) is 19.0 Å². The number of anilines is 1. The SMILES string of the molecule is COc1cccc(CC(=O)Nc2ccc3[nH]c(=O)oc3c2)c1. The van der Waals surface area contributed by atoms with Crippen molar-refractivity contribution in [3.63, 3.8) is 0 Å². The number of rotatable bonds is 4. The van der Waals surface area contributed by atoms with E-state index in [0.29, 0.717) is 22.5 Å². The van der Waals surface area contributed by atoms with Crippen LogP contribution >= 0.6 is 0 Å². The summed E-state index contributed by atoms with van der Waals surface area (Å²) in [7, 11) is 1.58. The van der Waals surface area contributed by atoms with Gasteiger partial charge in [0.1, 0.15) is 5.75 Å². The largest absolute Gasteiger partial charge is 0.497 e. The quantitative estimate of drug-likeness (QED) is 0.774. The highest BCUT2D eigenvalue weighted by molar-refractivity contribution is 5.94. The molecular formula is C16H14N2O4. The zero-order chi connectivity index (χ0) is 15.5. The number of methoxy groups -OCH3 is 1. The number of nitrogens with one attached hydrogen (secondary N) is 2. The molecule has 0 fully saturated rings. The summed E-state index contributed by atoms with van der Waals surface area (Å²) in [4.78, 5) is 25.7. The molecule has 1 heterocycles. The third-order valence-electron chi connectivity index (χ3n) is 3.20. The predicted molar refractivity (Wildman–Crippen MR) is 82.2 cm³/mol. The van der Waals surface area contributed by atoms with Crippen LogP contribution in [0.2, 0.25) is 0 Å². The molecule has 1 aromatic heterocycles. The molecular weight excluding hydrogens is 284 g/mol. The summed E-state index contributed by atoms with van der Waals surface area (Å²) in [6.45, 7) is 0. The van der Waals surface area contributed by atoms with Gasteiger partial charge in [-0.2, -0.15) is 0 Å². The monoisotopic (exact) mass is 298 g/mol. The van der Waals surface area contributed by atoms with Gasteiger partial charge in [-0.15, -0.1) is 0 Å². The molecule has 0 bridgehead atoms. The Bertz CT molecular complexity index is 879. The van der Waals surface area contributed by atoms with E-state index >= 15 is 0 Å². The molecule has 6 heteroatoms. The van der Waals surface area contributed by atoms with Crippen LogP contribution in [0.1, 0.15) is 5.56 Å². The fourth-order valence-electron chi connectivity index (χ4n) is 2.20. The molecule has 0 aliphatic rings. The molecule has 2 N–H and O–H groups in total. The first kappa shape index (κ1) is 13.9. The van der Waals surface area contributed by atoms with Crippen molar-refractivity contribution in [3.8, 4) is 5.75 Å². The summed E-state index contributed by atoms with van der Waals surface area (Å²) in [5.74, 6) is 0.0289. The summed E-state index contributed by atoms with van der Waals surface area (Å²) in [5.41, 5.74) is 2.43. The Kier molecular flexibility index (Phi) is 3.65. The Morgan fingerprint density at radius 2 is 2.14 bits per heavy atom. The summed E-state index contributed by atoms with van der Waals surface area (Å²) in [6, 6.07) is 12.3. The van der Waals surface area contributed by atoms with Crippen LogP contribution in [0, 0.1) is 0 Å². The van der Waals surface area contributed by atoms with Crippen molar-refractivity contribution in [2.24, 2.45) is 0 Å². The maximum absolute atomic E-state index is 12.1. The number of oxazole rings is 1. The van der Waals surface area contributed by atoms with Crippen molar-refractivity contribution in [3.05, 3.63) is 58.6 Å². The number of fused-ring (bicyclic) bond motifs is 1. The van der Waals surface area contributed by atoms with Crippen molar-refractivity contribution in [1.82, 2.24) is 4.98 Å². The van der Waals surface area contributed by atoms with Gasteiger partial charge in [0.15, 0.2) is 5.58 Å². The average Bonchev–Trinajstić information content (AvgIpc) is 2.86. The van der Waals surface area contributed by atoms with Crippen molar-refractivity contribution in [2.75, 3.05) is 12.4 Å². The number of aromatic nitrogens is 1. The van der Waals surface area contributed by atoms with Gasteiger partial charge in [0, 0.05) is 11.8 Å². The van der Waals surface area contributed by atoms with Crippen LogP contribution in [0.25, 0.3) is 11.1 Å². The van der Waals surface area contributed by atoms with Crippen molar-refractivity contribution in [1.29, 1.82) is 0 Å². The van der Waals surface area contributed by atoms with E-state index in [2.05, 4.69) is 10.3 Å². The van der Waals surface area contributed by atoms with Crippen LogP contribution in [0.5, 0.6) is 5.75 Å². The predicted octanol–water partition coefficient (Wildman–Crippen LogP) is 2.31. The molecule has 112 valence electrons. The normalized spacial score (nSPS) is 10.6. The summed E-state index contributed by atoms with van der Waals surface area (Å²) in [5, 5.41) is 2.77. The number of carbonyl (C=O) groups is 1. The second-order valence-corrected chi connectivity index (χ2v) is 4.80. The van der Waals surface area contributed by atoms with Gasteiger partial charge in [-0.05, 0) is 29.8 Å². The minimum absolute atomic E-state index is 0.162. The molecule has 2 aromatic carbocycles. The van der Waals surface area contributed by atoms with Gasteiger partial charge in [0.25, 0.3) is 0 Å². The molecule has 0 unspecified atom stereocenters. The minimum Gasteiger partial charge on any atom is -0.497 e. The fraction of sp³-hybridized carbons (Fsp3) is 0.125. The number of benzene rings is 2. The molecule has 0 aliphatic heterocycles. The molecule has 0 aliphatic carbocycles. The molecule has 3 rings (SSSR count). The Hall–Kier alpha value is -3.02. The van der Waals surface area contributed by atoms with E-state index in [-0.39, 0.29) is 12.3 Å². The van der Waals surface area contributed by atoms with Crippen LogP contribution < -0.4 is 15.8 Å². The Morgan fingerprint density at radius 1 is 1.27 bits per heavy atom. The highest BCUT2D eigenvalue weighted by Crippen LogP contribution is 2.17. The molecule has 1 amide bonds. The standard InChI is InChI=1S/C16H14N2O4/c1-21-12-4-2-3-10(7-12)8-15(19)17-11-5-6-13-14(9-11)22-16(20)18-13/h2-7,9H,8H2,1H3,(H,17,19)(H,18,20). The van der Waals surface area contributed by atoms with E-state index < -0.39 is 5.76 Å². The number of hydrogen-bond acceptors (Lipinski definition) is 4. The molecule has 0 saturated carbocycles. The smallest absolute Gasteiger partial charge is 0.417 e. The van der Waals surface area contributed by atoms with Gasteiger partial charge in [0.2, 0.25) is 5.91 Å². The molecule has 0 saturated heterocycles. The van der Waals surface area contributed by atoms with Crippen LogP contribution in [-0.4, -0.2) is 18.0 Å². The van der Waals surface area contributed by atoms with E-state index in [1.165, 1.54) is 0 Å². The lowest BCUT2D eigenvalue weighted by Crippen LogP contribution is -2.14. The van der Waals surface area contributed by atoms with Crippen LogP contribution in [0.3, 0.4) is 0 Å². The maximum Gasteiger partial charge on any atom is 0.417 e. The number of aromatic amines is 1. The molecule has 22 heavy (non-hydrogen) atoms. The second-order valence-electron chi connectivity index (χ2n) is 4.80. The van der Waals surface area contributed by atoms with E-state index in [9.17, 15) is 9.59 Å². The number of hydrogen-bond donors (Lipinski definition) is 2. The molecule has 0 radical (unpaired) electrons.